The van der Waals surface area contributed by atoms with E-state index < -0.39 is 6.29 Å². The maximum Gasteiger partial charge on any atom is 0.217 e. The lowest BCUT2D eigenvalue weighted by atomic mass is 9.91. The fraction of sp³-hybridized carbons (Fsp3) is 0.257. The smallest absolute Gasteiger partial charge is 0.217 e. The van der Waals surface area contributed by atoms with Gasteiger partial charge in [0, 0.05) is 30.7 Å². The molecule has 5 aromatic rings. The molecule has 8 heteroatoms. The van der Waals surface area contributed by atoms with E-state index >= 15 is 0 Å². The molecule has 1 aromatic heterocycles. The van der Waals surface area contributed by atoms with Crippen LogP contribution in [0.25, 0.3) is 21.3 Å². The zero-order valence-electron chi connectivity index (χ0n) is 24.1. The fourth-order valence-electron chi connectivity index (χ4n) is 5.30. The molecule has 0 spiro atoms. The average Bonchev–Trinajstić information content (AvgIpc) is 3.47. The minimum atomic E-state index is -0.528. The SMILES string of the molecule is CC(=O)NCc1cccc(-c2ccc(C3OC(CSc4nc5ccccc5s4)C(C)C(c4ccc(CO)cc4)O3)cc2)c1. The van der Waals surface area contributed by atoms with Crippen LogP contribution in [0.2, 0.25) is 0 Å². The van der Waals surface area contributed by atoms with E-state index in [-0.39, 0.29) is 30.6 Å². The standard InChI is InChI=1S/C35H34N2O4S2/c1-22-31(21-42-35-37-30-8-3-4-9-32(30)43-35)40-34(41-33(22)27-12-10-24(20-38)11-13-27)28-16-14-26(15-17-28)29-7-5-6-25(18-29)19-36-23(2)39/h3-18,22,31,33-34,38H,19-21H2,1-2H3,(H,36,39). The molecule has 4 unspecified atom stereocenters. The van der Waals surface area contributed by atoms with Crippen molar-refractivity contribution in [2.24, 2.45) is 5.92 Å². The van der Waals surface area contributed by atoms with Crippen molar-refractivity contribution < 1.29 is 19.4 Å². The van der Waals surface area contributed by atoms with E-state index in [0.717, 1.165) is 49.0 Å². The van der Waals surface area contributed by atoms with Crippen molar-refractivity contribution >= 4 is 39.2 Å². The summed E-state index contributed by atoms with van der Waals surface area (Å²) in [7, 11) is 0. The molecule has 0 saturated carbocycles. The fourth-order valence-corrected chi connectivity index (χ4v) is 7.55. The van der Waals surface area contributed by atoms with E-state index in [1.807, 2.05) is 48.5 Å². The maximum atomic E-state index is 11.3. The Morgan fingerprint density at radius 3 is 2.42 bits per heavy atom. The molecule has 0 radical (unpaired) electrons. The number of amides is 1. The lowest BCUT2D eigenvalue weighted by Gasteiger charge is -2.41. The molecular formula is C35H34N2O4S2. The highest BCUT2D eigenvalue weighted by atomic mass is 32.2. The van der Waals surface area contributed by atoms with Crippen LogP contribution in [0.4, 0.5) is 0 Å². The number of nitrogens with zero attached hydrogens (tertiary/aromatic N) is 1. The quantitative estimate of drug-likeness (QED) is 0.167. The second-order valence-electron chi connectivity index (χ2n) is 10.8. The van der Waals surface area contributed by atoms with Gasteiger partial charge in [-0.3, -0.25) is 4.79 Å². The highest BCUT2D eigenvalue weighted by Gasteiger charge is 2.38. The molecule has 43 heavy (non-hydrogen) atoms. The first kappa shape index (κ1) is 29.5. The Labute approximate surface area is 260 Å². The summed E-state index contributed by atoms with van der Waals surface area (Å²) in [6.45, 7) is 4.22. The van der Waals surface area contributed by atoms with Gasteiger partial charge in [-0.2, -0.15) is 0 Å². The van der Waals surface area contributed by atoms with E-state index in [4.69, 9.17) is 14.5 Å². The third-order valence-corrected chi connectivity index (χ3v) is 10.0. The summed E-state index contributed by atoms with van der Waals surface area (Å²) in [5, 5.41) is 12.4. The van der Waals surface area contributed by atoms with E-state index in [0.29, 0.717) is 6.54 Å². The van der Waals surface area contributed by atoms with Crippen molar-refractivity contribution in [2.75, 3.05) is 5.75 Å². The summed E-state index contributed by atoms with van der Waals surface area (Å²) in [5.74, 6) is 0.810. The molecule has 1 fully saturated rings. The Hall–Kier alpha value is -3.53. The van der Waals surface area contributed by atoms with Gasteiger partial charge >= 0.3 is 0 Å². The number of hydrogen-bond acceptors (Lipinski definition) is 7. The number of thioether (sulfide) groups is 1. The number of thiazole rings is 1. The Morgan fingerprint density at radius 1 is 0.907 bits per heavy atom. The number of aromatic nitrogens is 1. The summed E-state index contributed by atoms with van der Waals surface area (Å²) in [4.78, 5) is 16.2. The van der Waals surface area contributed by atoms with Gasteiger partial charge in [0.05, 0.1) is 29.0 Å². The number of carbonyl (C=O) groups excluding carboxylic acids is 1. The first-order valence-electron chi connectivity index (χ1n) is 14.4. The topological polar surface area (TPSA) is 80.7 Å². The minimum Gasteiger partial charge on any atom is -0.392 e. The number of carbonyl (C=O) groups is 1. The summed E-state index contributed by atoms with van der Waals surface area (Å²) in [6, 6.07) is 32.7. The van der Waals surface area contributed by atoms with E-state index in [1.54, 1.807) is 23.1 Å². The van der Waals surface area contributed by atoms with Gasteiger partial charge in [0.2, 0.25) is 5.91 Å². The van der Waals surface area contributed by atoms with Crippen LogP contribution in [0.3, 0.4) is 0 Å². The predicted octanol–water partition coefficient (Wildman–Crippen LogP) is 7.68. The van der Waals surface area contributed by atoms with Gasteiger partial charge in [0.1, 0.15) is 0 Å². The van der Waals surface area contributed by atoms with Gasteiger partial charge in [-0.15, -0.1) is 11.3 Å². The van der Waals surface area contributed by atoms with Crippen LogP contribution in [0.5, 0.6) is 0 Å². The highest BCUT2D eigenvalue weighted by molar-refractivity contribution is 8.01. The van der Waals surface area contributed by atoms with E-state index in [1.165, 1.54) is 11.6 Å². The molecule has 6 rings (SSSR count). The molecule has 0 aliphatic carbocycles. The van der Waals surface area contributed by atoms with Crippen molar-refractivity contribution in [3.63, 3.8) is 0 Å². The maximum absolute atomic E-state index is 11.3. The lowest BCUT2D eigenvalue weighted by Crippen LogP contribution is -2.38. The third kappa shape index (κ3) is 7.00. The monoisotopic (exact) mass is 610 g/mol. The largest absolute Gasteiger partial charge is 0.392 e. The highest BCUT2D eigenvalue weighted by Crippen LogP contribution is 2.43. The van der Waals surface area contributed by atoms with Crippen LogP contribution >= 0.6 is 23.1 Å². The van der Waals surface area contributed by atoms with Gasteiger partial charge in [0.25, 0.3) is 0 Å². The number of aliphatic hydroxyl groups is 1. The molecule has 220 valence electrons. The van der Waals surface area contributed by atoms with Crippen LogP contribution in [0, 0.1) is 5.92 Å². The van der Waals surface area contributed by atoms with Crippen LogP contribution in [0.15, 0.2) is 101 Å². The molecular weight excluding hydrogens is 577 g/mol. The number of benzene rings is 4. The molecule has 2 N–H and O–H groups in total. The summed E-state index contributed by atoms with van der Waals surface area (Å²) < 4.78 is 15.5. The number of fused-ring (bicyclic) bond motifs is 1. The van der Waals surface area contributed by atoms with E-state index in [2.05, 4.69) is 60.8 Å². The number of nitrogens with one attached hydrogen (secondary N) is 1. The number of rotatable bonds is 9. The Morgan fingerprint density at radius 2 is 1.67 bits per heavy atom. The molecule has 1 amide bonds. The van der Waals surface area contributed by atoms with E-state index in [9.17, 15) is 9.90 Å². The van der Waals surface area contributed by atoms with Crippen molar-refractivity contribution in [3.8, 4) is 11.1 Å². The van der Waals surface area contributed by atoms with Crippen LogP contribution < -0.4 is 5.32 Å². The van der Waals surface area contributed by atoms with Crippen molar-refractivity contribution in [2.45, 2.75) is 49.8 Å². The van der Waals surface area contributed by atoms with Crippen LogP contribution in [-0.2, 0) is 27.4 Å². The van der Waals surface area contributed by atoms with Gasteiger partial charge in [0.15, 0.2) is 10.6 Å². The Bertz CT molecular complexity index is 1650. The first-order valence-corrected chi connectivity index (χ1v) is 16.2. The van der Waals surface area contributed by atoms with Gasteiger partial charge in [-0.25, -0.2) is 4.98 Å². The first-order chi connectivity index (χ1) is 21.0. The van der Waals surface area contributed by atoms with Crippen molar-refractivity contribution in [1.82, 2.24) is 10.3 Å². The zero-order valence-corrected chi connectivity index (χ0v) is 25.7. The lowest BCUT2D eigenvalue weighted by molar-refractivity contribution is -0.268. The molecule has 1 aliphatic rings. The number of aliphatic hydroxyl groups excluding tert-OH is 1. The normalized spacial score (nSPS) is 20.3. The number of para-hydroxylation sites is 1. The molecule has 1 saturated heterocycles. The Kier molecular flexibility index (Phi) is 9.21. The predicted molar refractivity (Wildman–Crippen MR) is 173 cm³/mol. The minimum absolute atomic E-state index is 0.0109. The molecule has 4 aromatic carbocycles. The zero-order chi connectivity index (χ0) is 29.8. The molecule has 1 aliphatic heterocycles. The Balaban J connectivity index is 1.23. The average molecular weight is 611 g/mol. The summed E-state index contributed by atoms with van der Waals surface area (Å²) in [6.07, 6.45) is -0.763. The molecule has 6 nitrogen and oxygen atoms in total. The molecule has 0 bridgehead atoms. The second-order valence-corrected chi connectivity index (χ2v) is 13.1. The van der Waals surface area contributed by atoms with Crippen molar-refractivity contribution in [1.29, 1.82) is 0 Å². The number of hydrogen-bond donors (Lipinski definition) is 2. The second kappa shape index (κ2) is 13.4. The number of ether oxygens (including phenoxy) is 2. The van der Waals surface area contributed by atoms with Crippen LogP contribution in [-0.4, -0.2) is 27.9 Å². The van der Waals surface area contributed by atoms with Gasteiger partial charge in [-0.05, 0) is 46.0 Å². The third-order valence-electron chi connectivity index (χ3n) is 7.75. The molecule has 4 atom stereocenters. The van der Waals surface area contributed by atoms with Crippen LogP contribution in [0.1, 0.15) is 48.5 Å². The van der Waals surface area contributed by atoms with Gasteiger partial charge < -0.3 is 19.9 Å². The van der Waals surface area contributed by atoms with Crippen molar-refractivity contribution in [3.05, 3.63) is 119 Å². The molecule has 2 heterocycles. The summed E-state index contributed by atoms with van der Waals surface area (Å²) >= 11 is 3.44. The summed E-state index contributed by atoms with van der Waals surface area (Å²) in [5.41, 5.74) is 7.14. The van der Waals surface area contributed by atoms with Gasteiger partial charge in [-0.1, -0.05) is 97.5 Å².